The Hall–Kier alpha value is -1.86. The van der Waals surface area contributed by atoms with Gasteiger partial charge in [0.05, 0.1) is 0 Å². The summed E-state index contributed by atoms with van der Waals surface area (Å²) in [5.41, 5.74) is 2.70. The second-order valence-corrected chi connectivity index (χ2v) is 14.0. The largest absolute Gasteiger partial charge is 0.322 e. The molecule has 4 atom stereocenters. The van der Waals surface area contributed by atoms with Crippen LogP contribution in [0.2, 0.25) is 0 Å². The predicted octanol–water partition coefficient (Wildman–Crippen LogP) is 5.64. The van der Waals surface area contributed by atoms with E-state index in [1.54, 1.807) is 4.90 Å². The van der Waals surface area contributed by atoms with E-state index in [0.29, 0.717) is 29.4 Å². The lowest BCUT2D eigenvalue weighted by atomic mass is 9.69. The van der Waals surface area contributed by atoms with E-state index in [-0.39, 0.29) is 24.1 Å². The Morgan fingerprint density at radius 2 is 1.82 bits per heavy atom. The van der Waals surface area contributed by atoms with E-state index in [1.807, 2.05) is 23.9 Å². The number of hydrogen-bond acceptors (Lipinski definition) is 5. The molecule has 2 aliphatic heterocycles. The number of nitrogens with zero attached hydrogens (tertiary/aromatic N) is 2. The minimum atomic E-state index is -0.553. The van der Waals surface area contributed by atoms with Gasteiger partial charge < -0.3 is 9.80 Å². The SMILES string of the molecule is CN(CCCCCCCSc1cccc2c1CN(C1CCC(=O)NC1=O)C2=O)[C@H]1C[C@H]2CC[C@]1(C)C2(C)C. The van der Waals surface area contributed by atoms with Gasteiger partial charge in [-0.05, 0) is 92.3 Å². The van der Waals surface area contributed by atoms with Gasteiger partial charge in [0.15, 0.2) is 0 Å². The van der Waals surface area contributed by atoms with E-state index in [4.69, 9.17) is 0 Å². The van der Waals surface area contributed by atoms with Crippen molar-refractivity contribution in [3.63, 3.8) is 0 Å². The van der Waals surface area contributed by atoms with Crippen LogP contribution >= 0.6 is 11.8 Å². The van der Waals surface area contributed by atoms with Crippen molar-refractivity contribution in [2.24, 2.45) is 16.7 Å². The molecule has 1 aromatic rings. The fourth-order valence-electron chi connectivity index (χ4n) is 7.85. The van der Waals surface area contributed by atoms with Crippen LogP contribution in [0.15, 0.2) is 23.1 Å². The first kappa shape index (κ1) is 27.7. The zero-order chi connectivity index (χ0) is 27.1. The van der Waals surface area contributed by atoms with Gasteiger partial charge in [0, 0.05) is 29.5 Å². The molecule has 6 nitrogen and oxygen atoms in total. The lowest BCUT2D eigenvalue weighted by molar-refractivity contribution is -0.136. The van der Waals surface area contributed by atoms with Crippen LogP contribution in [0.1, 0.15) is 101 Å². The first-order valence-electron chi connectivity index (χ1n) is 14.7. The number of nitrogens with one attached hydrogen (secondary N) is 1. The Morgan fingerprint density at radius 1 is 1.05 bits per heavy atom. The van der Waals surface area contributed by atoms with Crippen molar-refractivity contribution < 1.29 is 14.4 Å². The van der Waals surface area contributed by atoms with Crippen molar-refractivity contribution in [1.82, 2.24) is 15.1 Å². The third kappa shape index (κ3) is 4.94. The number of imide groups is 1. The van der Waals surface area contributed by atoms with Crippen LogP contribution in [0.5, 0.6) is 0 Å². The van der Waals surface area contributed by atoms with Crippen molar-refractivity contribution >= 4 is 29.5 Å². The van der Waals surface area contributed by atoms with Crippen LogP contribution in [0, 0.1) is 16.7 Å². The lowest BCUT2D eigenvalue weighted by Gasteiger charge is -2.43. The van der Waals surface area contributed by atoms with Gasteiger partial charge in [-0.25, -0.2) is 0 Å². The summed E-state index contributed by atoms with van der Waals surface area (Å²) in [5.74, 6) is 1.25. The number of fused-ring (bicyclic) bond motifs is 3. The lowest BCUT2D eigenvalue weighted by Crippen LogP contribution is -2.52. The van der Waals surface area contributed by atoms with E-state index < -0.39 is 6.04 Å². The first-order valence-corrected chi connectivity index (χ1v) is 15.7. The summed E-state index contributed by atoms with van der Waals surface area (Å²) in [4.78, 5) is 42.3. The molecule has 2 aliphatic carbocycles. The highest BCUT2D eigenvalue weighted by Gasteiger charge is 2.61. The maximum atomic E-state index is 13.0. The molecule has 5 rings (SSSR count). The maximum absolute atomic E-state index is 13.0. The van der Waals surface area contributed by atoms with Crippen LogP contribution < -0.4 is 5.32 Å². The third-order valence-electron chi connectivity index (χ3n) is 10.7. The standard InChI is InChI=1S/C31H45N3O3S/c1-30(2)21-15-16-31(30,3)26(19-21)33(4)17-8-6-5-7-9-18-38-25-12-10-11-22-23(25)20-34(29(22)37)24-13-14-27(35)32-28(24)36/h10-12,21,24,26H,5-9,13-20H2,1-4H3,(H,32,35,36)/t21-,24?,26+,31+/m1/s1. The molecular formula is C31H45N3O3S. The molecule has 38 heavy (non-hydrogen) atoms. The minimum Gasteiger partial charge on any atom is -0.322 e. The van der Waals surface area contributed by atoms with E-state index in [1.165, 1.54) is 57.9 Å². The molecule has 2 saturated carbocycles. The average Bonchev–Trinajstić information content (AvgIpc) is 3.40. The van der Waals surface area contributed by atoms with Gasteiger partial charge in [0.2, 0.25) is 11.8 Å². The molecule has 2 bridgehead atoms. The molecule has 1 saturated heterocycles. The number of piperidine rings is 1. The fraction of sp³-hybridized carbons (Fsp3) is 0.710. The molecule has 3 amide bonds. The first-order chi connectivity index (χ1) is 18.1. The second kappa shape index (κ2) is 11.0. The van der Waals surface area contributed by atoms with E-state index >= 15 is 0 Å². The number of carbonyl (C=O) groups is 3. The highest BCUT2D eigenvalue weighted by molar-refractivity contribution is 7.99. The molecule has 4 aliphatic rings. The molecule has 7 heteroatoms. The number of unbranched alkanes of at least 4 members (excludes halogenated alkanes) is 4. The van der Waals surface area contributed by atoms with Gasteiger partial charge in [-0.3, -0.25) is 19.7 Å². The summed E-state index contributed by atoms with van der Waals surface area (Å²) in [6.07, 6.45) is 11.2. The quantitative estimate of drug-likeness (QED) is 0.224. The number of rotatable bonds is 11. The average molecular weight is 540 g/mol. The van der Waals surface area contributed by atoms with Crippen LogP contribution in [0.25, 0.3) is 0 Å². The maximum Gasteiger partial charge on any atom is 0.255 e. The molecule has 1 unspecified atom stereocenters. The molecule has 208 valence electrons. The number of amides is 3. The number of carbonyl (C=O) groups excluding carboxylic acids is 3. The summed E-state index contributed by atoms with van der Waals surface area (Å²) in [6.45, 7) is 9.23. The van der Waals surface area contributed by atoms with Gasteiger partial charge in [0.25, 0.3) is 5.91 Å². The Morgan fingerprint density at radius 3 is 2.53 bits per heavy atom. The van der Waals surface area contributed by atoms with Crippen LogP contribution in [0.4, 0.5) is 0 Å². The minimum absolute atomic E-state index is 0.0927. The molecule has 0 radical (unpaired) electrons. The molecular weight excluding hydrogens is 494 g/mol. The Bertz CT molecular complexity index is 1090. The number of hydrogen-bond donors (Lipinski definition) is 1. The monoisotopic (exact) mass is 539 g/mol. The van der Waals surface area contributed by atoms with Gasteiger partial charge in [-0.1, -0.05) is 46.1 Å². The number of thioether (sulfide) groups is 1. The highest BCUT2D eigenvalue weighted by atomic mass is 32.2. The molecule has 0 spiro atoms. The Labute approximate surface area is 232 Å². The summed E-state index contributed by atoms with van der Waals surface area (Å²) in [6, 6.07) is 6.10. The van der Waals surface area contributed by atoms with Crippen LogP contribution in [0.3, 0.4) is 0 Å². The van der Waals surface area contributed by atoms with Crippen LogP contribution in [-0.4, -0.2) is 59.0 Å². The fourth-order valence-corrected chi connectivity index (χ4v) is 8.94. The van der Waals surface area contributed by atoms with Crippen LogP contribution in [-0.2, 0) is 16.1 Å². The summed E-state index contributed by atoms with van der Waals surface area (Å²) in [7, 11) is 2.35. The van der Waals surface area contributed by atoms with Gasteiger partial charge in [-0.15, -0.1) is 11.8 Å². The highest BCUT2D eigenvalue weighted by Crippen LogP contribution is 2.66. The topological polar surface area (TPSA) is 69.7 Å². The molecule has 1 N–H and O–H groups in total. The molecule has 2 heterocycles. The van der Waals surface area contributed by atoms with Crippen molar-refractivity contribution in [3.8, 4) is 0 Å². The normalized spacial score (nSPS) is 29.9. The van der Waals surface area contributed by atoms with Crippen molar-refractivity contribution in [2.75, 3.05) is 19.3 Å². The van der Waals surface area contributed by atoms with E-state index in [2.05, 4.69) is 44.1 Å². The summed E-state index contributed by atoms with van der Waals surface area (Å²) in [5, 5.41) is 2.38. The smallest absolute Gasteiger partial charge is 0.255 e. The van der Waals surface area contributed by atoms with Gasteiger partial charge in [0.1, 0.15) is 6.04 Å². The second-order valence-electron chi connectivity index (χ2n) is 12.9. The zero-order valence-electron chi connectivity index (χ0n) is 23.7. The van der Waals surface area contributed by atoms with E-state index in [9.17, 15) is 14.4 Å². The van der Waals surface area contributed by atoms with Crippen molar-refractivity contribution in [1.29, 1.82) is 0 Å². The Balaban J connectivity index is 1.01. The molecule has 1 aromatic carbocycles. The molecule has 0 aromatic heterocycles. The third-order valence-corrected chi connectivity index (χ3v) is 11.9. The summed E-state index contributed by atoms with van der Waals surface area (Å²) < 4.78 is 0. The van der Waals surface area contributed by atoms with E-state index in [0.717, 1.165) is 28.2 Å². The van der Waals surface area contributed by atoms with Gasteiger partial charge >= 0.3 is 0 Å². The van der Waals surface area contributed by atoms with Gasteiger partial charge in [-0.2, -0.15) is 0 Å². The predicted molar refractivity (Wildman–Crippen MR) is 152 cm³/mol. The Kier molecular flexibility index (Phi) is 7.99. The van der Waals surface area contributed by atoms with Crippen molar-refractivity contribution in [3.05, 3.63) is 29.3 Å². The summed E-state index contributed by atoms with van der Waals surface area (Å²) >= 11 is 1.83. The molecule has 3 fully saturated rings. The van der Waals surface area contributed by atoms with Crippen molar-refractivity contribution in [2.45, 2.75) is 109 Å². The number of benzene rings is 1. The zero-order valence-corrected chi connectivity index (χ0v) is 24.5.